The minimum atomic E-state index is 0.0440. The number of benzene rings is 1. The zero-order valence-electron chi connectivity index (χ0n) is 15.5. The fourth-order valence-corrected chi connectivity index (χ4v) is 4.04. The van der Waals surface area contributed by atoms with Gasteiger partial charge in [-0.1, -0.05) is 30.3 Å². The molecule has 0 unspecified atom stereocenters. The zero-order valence-corrected chi connectivity index (χ0v) is 17.2. The van der Waals surface area contributed by atoms with Crippen molar-refractivity contribution < 1.29 is 9.21 Å². The Balaban J connectivity index is 1.34. The van der Waals surface area contributed by atoms with Crippen LogP contribution in [0, 0.1) is 6.92 Å². The van der Waals surface area contributed by atoms with Gasteiger partial charge in [-0.15, -0.1) is 11.8 Å². The minimum Gasteiger partial charge on any atom is -0.431 e. The molecule has 0 bridgehead atoms. The van der Waals surface area contributed by atoms with Crippen LogP contribution in [-0.4, -0.2) is 27.9 Å². The summed E-state index contributed by atoms with van der Waals surface area (Å²) in [5, 5.41) is 4.54. The molecule has 0 aliphatic rings. The number of pyridine rings is 1. The third-order valence-corrected chi connectivity index (χ3v) is 5.63. The highest BCUT2D eigenvalue weighted by Gasteiger charge is 2.08. The van der Waals surface area contributed by atoms with E-state index in [4.69, 9.17) is 4.42 Å². The van der Waals surface area contributed by atoms with E-state index in [2.05, 4.69) is 15.3 Å². The first kappa shape index (κ1) is 19.8. The van der Waals surface area contributed by atoms with Crippen molar-refractivity contribution in [1.29, 1.82) is 0 Å². The molecule has 2 aromatic heterocycles. The Hall–Kier alpha value is -1.99. The number of carbonyl (C=O) groups excluding carboxylic acids is 1. The SMILES string of the molecule is CSc1nc(C)ccc1NC(=O)CCCCCSc1nc2ccccc2o1. The molecule has 3 rings (SSSR count). The largest absolute Gasteiger partial charge is 0.431 e. The van der Waals surface area contributed by atoms with E-state index in [1.165, 1.54) is 0 Å². The number of amides is 1. The highest BCUT2D eigenvalue weighted by atomic mass is 32.2. The lowest BCUT2D eigenvalue weighted by molar-refractivity contribution is -0.116. The van der Waals surface area contributed by atoms with Crippen LogP contribution >= 0.6 is 23.5 Å². The van der Waals surface area contributed by atoms with Crippen LogP contribution in [0.3, 0.4) is 0 Å². The van der Waals surface area contributed by atoms with Crippen LogP contribution in [0.5, 0.6) is 0 Å². The Morgan fingerprint density at radius 3 is 2.78 bits per heavy atom. The lowest BCUT2D eigenvalue weighted by Gasteiger charge is -2.09. The molecule has 5 nitrogen and oxygen atoms in total. The molecule has 0 saturated heterocycles. The van der Waals surface area contributed by atoms with Crippen LogP contribution in [0.25, 0.3) is 11.1 Å². The lowest BCUT2D eigenvalue weighted by atomic mass is 10.2. The second-order valence-corrected chi connectivity index (χ2v) is 8.01. The average Bonchev–Trinajstić information content (AvgIpc) is 3.08. The molecule has 0 radical (unpaired) electrons. The summed E-state index contributed by atoms with van der Waals surface area (Å²) < 4.78 is 5.69. The molecule has 0 fully saturated rings. The monoisotopic (exact) mass is 401 g/mol. The molecule has 7 heteroatoms. The molecule has 3 aromatic rings. The van der Waals surface area contributed by atoms with Crippen molar-refractivity contribution in [2.45, 2.75) is 42.9 Å². The second kappa shape index (κ2) is 9.80. The first-order valence-corrected chi connectivity index (χ1v) is 11.2. The number of nitrogens with one attached hydrogen (secondary N) is 1. The predicted octanol–water partition coefficient (Wildman–Crippen LogP) is 5.54. The first-order valence-electron chi connectivity index (χ1n) is 8.95. The van der Waals surface area contributed by atoms with Crippen LogP contribution in [-0.2, 0) is 4.79 Å². The van der Waals surface area contributed by atoms with E-state index in [1.54, 1.807) is 23.5 Å². The van der Waals surface area contributed by atoms with Gasteiger partial charge in [0.2, 0.25) is 5.91 Å². The summed E-state index contributed by atoms with van der Waals surface area (Å²) in [7, 11) is 0. The Bertz CT molecular complexity index is 878. The van der Waals surface area contributed by atoms with E-state index in [-0.39, 0.29) is 5.91 Å². The number of hydrogen-bond acceptors (Lipinski definition) is 6. The molecule has 0 aliphatic heterocycles. The Morgan fingerprint density at radius 2 is 1.96 bits per heavy atom. The topological polar surface area (TPSA) is 68.0 Å². The second-order valence-electron chi connectivity index (χ2n) is 6.16. The number of fused-ring (bicyclic) bond motifs is 1. The number of thioether (sulfide) groups is 2. The Labute approximate surface area is 167 Å². The number of unbranched alkanes of at least 4 members (excludes halogenated alkanes) is 2. The number of oxazole rings is 1. The van der Waals surface area contributed by atoms with Gasteiger partial charge in [-0.25, -0.2) is 9.97 Å². The fraction of sp³-hybridized carbons (Fsp3) is 0.350. The molecular weight excluding hydrogens is 378 g/mol. The summed E-state index contributed by atoms with van der Waals surface area (Å²) in [6.07, 6.45) is 5.38. The van der Waals surface area contributed by atoms with Crippen LogP contribution in [0.2, 0.25) is 0 Å². The molecule has 0 aliphatic carbocycles. The van der Waals surface area contributed by atoms with Gasteiger partial charge in [0.15, 0.2) is 5.58 Å². The van der Waals surface area contributed by atoms with Crippen LogP contribution in [0.4, 0.5) is 5.69 Å². The zero-order chi connectivity index (χ0) is 19.1. The van der Waals surface area contributed by atoms with Gasteiger partial charge in [0, 0.05) is 17.9 Å². The van der Waals surface area contributed by atoms with Gasteiger partial charge >= 0.3 is 0 Å². The third-order valence-electron chi connectivity index (χ3n) is 4.01. The van der Waals surface area contributed by atoms with Crippen molar-refractivity contribution in [1.82, 2.24) is 9.97 Å². The van der Waals surface area contributed by atoms with Crippen molar-refractivity contribution in [3.05, 3.63) is 42.1 Å². The summed E-state index contributed by atoms with van der Waals surface area (Å²) in [5.41, 5.74) is 3.47. The van der Waals surface area contributed by atoms with E-state index in [9.17, 15) is 4.79 Å². The Kier molecular flexibility index (Phi) is 7.18. The maximum atomic E-state index is 12.1. The number of carbonyl (C=O) groups is 1. The Morgan fingerprint density at radius 1 is 1.11 bits per heavy atom. The van der Waals surface area contributed by atoms with Gasteiger partial charge in [0.25, 0.3) is 5.22 Å². The number of nitrogens with zero attached hydrogens (tertiary/aromatic N) is 2. The van der Waals surface area contributed by atoms with Gasteiger partial charge in [0.05, 0.1) is 5.69 Å². The summed E-state index contributed by atoms with van der Waals surface area (Å²) in [4.78, 5) is 21.0. The summed E-state index contributed by atoms with van der Waals surface area (Å²) in [6, 6.07) is 11.6. The smallest absolute Gasteiger partial charge is 0.256 e. The highest BCUT2D eigenvalue weighted by molar-refractivity contribution is 7.99. The van der Waals surface area contributed by atoms with Crippen LogP contribution < -0.4 is 5.32 Å². The standard InChI is InChI=1S/C20H23N3O2S2/c1-14-11-12-16(19(21-14)26-2)22-18(24)10-4-3-7-13-27-20-23-15-8-5-6-9-17(15)25-20/h5-6,8-9,11-12H,3-4,7,10,13H2,1-2H3,(H,22,24). The highest BCUT2D eigenvalue weighted by Crippen LogP contribution is 2.25. The van der Waals surface area contributed by atoms with Gasteiger partial charge in [-0.2, -0.15) is 0 Å². The average molecular weight is 402 g/mol. The van der Waals surface area contributed by atoms with E-state index >= 15 is 0 Å². The number of hydrogen-bond donors (Lipinski definition) is 1. The summed E-state index contributed by atoms with van der Waals surface area (Å²) >= 11 is 3.17. The molecule has 0 spiro atoms. The molecule has 1 amide bonds. The van der Waals surface area contributed by atoms with Crippen LogP contribution in [0.1, 0.15) is 31.4 Å². The number of aryl methyl sites for hydroxylation is 1. The molecule has 1 aromatic carbocycles. The van der Waals surface area contributed by atoms with Crippen molar-refractivity contribution in [2.24, 2.45) is 0 Å². The maximum Gasteiger partial charge on any atom is 0.256 e. The van der Waals surface area contributed by atoms with Crippen molar-refractivity contribution >= 4 is 46.2 Å². The van der Waals surface area contributed by atoms with E-state index < -0.39 is 0 Å². The van der Waals surface area contributed by atoms with Crippen molar-refractivity contribution in [3.63, 3.8) is 0 Å². The quantitative estimate of drug-likeness (QED) is 0.375. The van der Waals surface area contributed by atoms with Gasteiger partial charge in [-0.05, 0) is 50.3 Å². The lowest BCUT2D eigenvalue weighted by Crippen LogP contribution is -2.12. The van der Waals surface area contributed by atoms with Gasteiger partial charge in [0.1, 0.15) is 10.5 Å². The van der Waals surface area contributed by atoms with E-state index in [0.29, 0.717) is 11.6 Å². The van der Waals surface area contributed by atoms with Crippen molar-refractivity contribution in [2.75, 3.05) is 17.3 Å². The van der Waals surface area contributed by atoms with Gasteiger partial charge in [-0.3, -0.25) is 4.79 Å². The molecule has 1 N–H and O–H groups in total. The third kappa shape index (κ3) is 5.74. The molecule has 2 heterocycles. The summed E-state index contributed by atoms with van der Waals surface area (Å²) in [5.74, 6) is 0.981. The molecule has 0 atom stereocenters. The van der Waals surface area contributed by atoms with Crippen LogP contribution in [0.15, 0.2) is 51.1 Å². The number of rotatable bonds is 9. The van der Waals surface area contributed by atoms with Crippen molar-refractivity contribution in [3.8, 4) is 0 Å². The predicted molar refractivity (Wildman–Crippen MR) is 113 cm³/mol. The molecule has 0 saturated carbocycles. The van der Waals surface area contributed by atoms with Gasteiger partial charge < -0.3 is 9.73 Å². The molecule has 142 valence electrons. The maximum absolute atomic E-state index is 12.1. The number of anilines is 1. The summed E-state index contributed by atoms with van der Waals surface area (Å²) in [6.45, 7) is 1.95. The first-order chi connectivity index (χ1) is 13.2. The van der Waals surface area contributed by atoms with E-state index in [0.717, 1.165) is 52.5 Å². The normalized spacial score (nSPS) is 11.0. The molecule has 27 heavy (non-hydrogen) atoms. The minimum absolute atomic E-state index is 0.0440. The fourth-order valence-electron chi connectivity index (χ4n) is 2.63. The van der Waals surface area contributed by atoms with E-state index in [1.807, 2.05) is 49.6 Å². The number of aromatic nitrogens is 2. The number of para-hydroxylation sites is 2. The molecular formula is C20H23N3O2S2.